The molecule has 1 heterocycles. The summed E-state index contributed by atoms with van der Waals surface area (Å²) < 4.78 is 0. The van der Waals surface area contributed by atoms with E-state index in [2.05, 4.69) is 17.2 Å². The molecule has 0 aromatic carbocycles. The maximum absolute atomic E-state index is 11.8. The van der Waals surface area contributed by atoms with E-state index in [1.807, 2.05) is 0 Å². The molecule has 1 rings (SSSR count). The number of hydrogen-bond acceptors (Lipinski definition) is 3. The van der Waals surface area contributed by atoms with Gasteiger partial charge in [-0.15, -0.1) is 0 Å². The number of aldehydes is 1. The van der Waals surface area contributed by atoms with Crippen molar-refractivity contribution in [1.82, 2.24) is 4.98 Å². The third-order valence-corrected chi connectivity index (χ3v) is 3.73. The van der Waals surface area contributed by atoms with Crippen molar-refractivity contribution in [1.29, 1.82) is 0 Å². The van der Waals surface area contributed by atoms with Crippen LogP contribution in [-0.4, -0.2) is 17.2 Å². The van der Waals surface area contributed by atoms with Crippen molar-refractivity contribution in [3.8, 4) is 0 Å². The molecule has 1 aromatic heterocycles. The van der Waals surface area contributed by atoms with Gasteiger partial charge in [0.05, 0.1) is 5.56 Å². The maximum Gasteiger partial charge on any atom is 0.225 e. The Morgan fingerprint density at radius 1 is 1.09 bits per heavy atom. The number of nitrogens with zero attached hydrogens (tertiary/aromatic N) is 1. The van der Waals surface area contributed by atoms with Crippen LogP contribution in [-0.2, 0) is 4.79 Å². The fourth-order valence-corrected chi connectivity index (χ4v) is 2.41. The quantitative estimate of drug-likeness (QED) is 0.447. The molecule has 0 saturated heterocycles. The topological polar surface area (TPSA) is 59.1 Å². The van der Waals surface area contributed by atoms with Crippen molar-refractivity contribution in [3.05, 3.63) is 23.9 Å². The van der Waals surface area contributed by atoms with Gasteiger partial charge in [0.15, 0.2) is 6.29 Å². The highest BCUT2D eigenvalue weighted by atomic mass is 16.1. The van der Waals surface area contributed by atoms with Crippen LogP contribution < -0.4 is 5.32 Å². The number of carbonyl (C=O) groups excluding carboxylic acids is 2. The predicted molar refractivity (Wildman–Crippen MR) is 90.1 cm³/mol. The van der Waals surface area contributed by atoms with Crippen LogP contribution in [0.3, 0.4) is 0 Å². The first kappa shape index (κ1) is 18.3. The van der Waals surface area contributed by atoms with Gasteiger partial charge in [-0.1, -0.05) is 58.3 Å². The van der Waals surface area contributed by atoms with Gasteiger partial charge in [-0.25, -0.2) is 4.98 Å². The minimum absolute atomic E-state index is 0.0651. The zero-order chi connectivity index (χ0) is 16.0. The first-order valence-corrected chi connectivity index (χ1v) is 8.48. The third kappa shape index (κ3) is 7.91. The van der Waals surface area contributed by atoms with Gasteiger partial charge in [0.1, 0.15) is 5.82 Å². The molecular formula is C18H28N2O2. The summed E-state index contributed by atoms with van der Waals surface area (Å²) in [6.45, 7) is 2.23. The molecule has 0 radical (unpaired) electrons. The lowest BCUT2D eigenvalue weighted by Gasteiger charge is -2.06. The van der Waals surface area contributed by atoms with Gasteiger partial charge in [0.2, 0.25) is 5.91 Å². The molecular weight excluding hydrogens is 276 g/mol. The summed E-state index contributed by atoms with van der Waals surface area (Å²) in [4.78, 5) is 26.7. The average Bonchev–Trinajstić information content (AvgIpc) is 2.54. The highest BCUT2D eigenvalue weighted by Gasteiger charge is 2.06. The second-order valence-electron chi connectivity index (χ2n) is 5.69. The summed E-state index contributed by atoms with van der Waals surface area (Å²) in [5.74, 6) is 0.295. The van der Waals surface area contributed by atoms with Crippen molar-refractivity contribution in [3.63, 3.8) is 0 Å². The van der Waals surface area contributed by atoms with E-state index >= 15 is 0 Å². The van der Waals surface area contributed by atoms with E-state index in [0.29, 0.717) is 24.1 Å². The first-order chi connectivity index (χ1) is 10.8. The standard InChI is InChI=1S/C18H28N2O2/c1-2-3-4-5-6-7-8-9-10-13-17(22)20-18-16(15-21)12-11-14-19-18/h11-12,14-15H,2-10,13H2,1H3,(H,19,20,22). The van der Waals surface area contributed by atoms with Gasteiger partial charge >= 0.3 is 0 Å². The minimum atomic E-state index is -0.0651. The third-order valence-electron chi connectivity index (χ3n) is 3.73. The summed E-state index contributed by atoms with van der Waals surface area (Å²) in [5.41, 5.74) is 0.419. The average molecular weight is 304 g/mol. The molecule has 4 heteroatoms. The Morgan fingerprint density at radius 2 is 1.73 bits per heavy atom. The number of unbranched alkanes of at least 4 members (excludes halogenated alkanes) is 8. The number of carbonyl (C=O) groups is 2. The normalized spacial score (nSPS) is 10.4. The second kappa shape index (κ2) is 11.9. The Morgan fingerprint density at radius 3 is 2.36 bits per heavy atom. The summed E-state index contributed by atoms with van der Waals surface area (Å²) >= 11 is 0. The molecule has 0 unspecified atom stereocenters. The highest BCUT2D eigenvalue weighted by Crippen LogP contribution is 2.12. The number of amides is 1. The first-order valence-electron chi connectivity index (χ1n) is 8.48. The van der Waals surface area contributed by atoms with Crippen molar-refractivity contribution in [2.75, 3.05) is 5.32 Å². The van der Waals surface area contributed by atoms with Crippen LogP contribution in [0.2, 0.25) is 0 Å². The molecule has 0 atom stereocenters. The molecule has 0 spiro atoms. The molecule has 0 saturated carbocycles. The number of nitrogens with one attached hydrogen (secondary N) is 1. The largest absolute Gasteiger partial charge is 0.310 e. The Bertz CT molecular complexity index is 446. The lowest BCUT2D eigenvalue weighted by molar-refractivity contribution is -0.116. The van der Waals surface area contributed by atoms with Crippen LogP contribution in [0.1, 0.15) is 81.5 Å². The van der Waals surface area contributed by atoms with E-state index in [-0.39, 0.29) is 5.91 Å². The molecule has 1 aromatic rings. The van der Waals surface area contributed by atoms with Gasteiger partial charge in [-0.3, -0.25) is 9.59 Å². The van der Waals surface area contributed by atoms with Crippen LogP contribution in [0, 0.1) is 0 Å². The van der Waals surface area contributed by atoms with Gasteiger partial charge in [0, 0.05) is 12.6 Å². The molecule has 0 bridgehead atoms. The van der Waals surface area contributed by atoms with Gasteiger partial charge in [-0.2, -0.15) is 0 Å². The zero-order valence-electron chi connectivity index (χ0n) is 13.6. The van der Waals surface area contributed by atoms with Crippen molar-refractivity contribution in [2.24, 2.45) is 0 Å². The Hall–Kier alpha value is -1.71. The lowest BCUT2D eigenvalue weighted by atomic mass is 10.1. The number of aromatic nitrogens is 1. The summed E-state index contributed by atoms with van der Waals surface area (Å²) in [6, 6.07) is 3.33. The van der Waals surface area contributed by atoms with Crippen LogP contribution in [0.15, 0.2) is 18.3 Å². The molecule has 0 aliphatic heterocycles. The van der Waals surface area contributed by atoms with Crippen LogP contribution in [0.25, 0.3) is 0 Å². The minimum Gasteiger partial charge on any atom is -0.310 e. The molecule has 122 valence electrons. The molecule has 4 nitrogen and oxygen atoms in total. The number of hydrogen-bond donors (Lipinski definition) is 1. The summed E-state index contributed by atoms with van der Waals surface area (Å²) in [5, 5.41) is 2.71. The second-order valence-corrected chi connectivity index (χ2v) is 5.69. The van der Waals surface area contributed by atoms with E-state index in [4.69, 9.17) is 0 Å². The Balaban J connectivity index is 2.07. The lowest BCUT2D eigenvalue weighted by Crippen LogP contribution is -2.13. The monoisotopic (exact) mass is 304 g/mol. The number of anilines is 1. The fourth-order valence-electron chi connectivity index (χ4n) is 2.41. The Labute approximate surface area is 133 Å². The molecule has 1 amide bonds. The van der Waals surface area contributed by atoms with Gasteiger partial charge in [-0.05, 0) is 18.6 Å². The van der Waals surface area contributed by atoms with Crippen molar-refractivity contribution < 1.29 is 9.59 Å². The maximum atomic E-state index is 11.8. The highest BCUT2D eigenvalue weighted by molar-refractivity contribution is 5.94. The Kier molecular flexibility index (Phi) is 9.92. The molecule has 0 aliphatic carbocycles. The molecule has 22 heavy (non-hydrogen) atoms. The summed E-state index contributed by atoms with van der Waals surface area (Å²) in [6.07, 6.45) is 13.8. The number of pyridine rings is 1. The SMILES string of the molecule is CCCCCCCCCCCC(=O)Nc1ncccc1C=O. The number of rotatable bonds is 12. The van der Waals surface area contributed by atoms with E-state index in [1.54, 1.807) is 18.3 Å². The van der Waals surface area contributed by atoms with E-state index in [0.717, 1.165) is 12.8 Å². The van der Waals surface area contributed by atoms with Crippen LogP contribution >= 0.6 is 0 Å². The van der Waals surface area contributed by atoms with Crippen molar-refractivity contribution in [2.45, 2.75) is 71.1 Å². The summed E-state index contributed by atoms with van der Waals surface area (Å²) in [7, 11) is 0. The van der Waals surface area contributed by atoms with E-state index in [1.165, 1.54) is 44.9 Å². The van der Waals surface area contributed by atoms with E-state index < -0.39 is 0 Å². The van der Waals surface area contributed by atoms with Crippen LogP contribution in [0.4, 0.5) is 5.82 Å². The smallest absolute Gasteiger partial charge is 0.225 e. The van der Waals surface area contributed by atoms with Crippen LogP contribution in [0.5, 0.6) is 0 Å². The predicted octanol–water partition coefficient (Wildman–Crippen LogP) is 4.75. The molecule has 1 N–H and O–H groups in total. The molecule has 0 aliphatic rings. The molecule has 0 fully saturated rings. The fraction of sp³-hybridized carbons (Fsp3) is 0.611. The van der Waals surface area contributed by atoms with Gasteiger partial charge < -0.3 is 5.32 Å². The van der Waals surface area contributed by atoms with Gasteiger partial charge in [0.25, 0.3) is 0 Å². The van der Waals surface area contributed by atoms with Crippen molar-refractivity contribution >= 4 is 18.0 Å². The zero-order valence-corrected chi connectivity index (χ0v) is 13.6. The van der Waals surface area contributed by atoms with E-state index in [9.17, 15) is 9.59 Å².